The normalized spacial score (nSPS) is 15.9. The molecule has 9 rings (SSSR count). The van der Waals surface area contributed by atoms with E-state index >= 15 is 0 Å². The summed E-state index contributed by atoms with van der Waals surface area (Å²) < 4.78 is 9.25. The van der Waals surface area contributed by atoms with Gasteiger partial charge in [0.05, 0.1) is 57.4 Å². The van der Waals surface area contributed by atoms with Crippen molar-refractivity contribution in [3.05, 3.63) is 103 Å². The van der Waals surface area contributed by atoms with Crippen LogP contribution >= 0.6 is 92.8 Å². The zero-order valence-electron chi connectivity index (χ0n) is 30.1. The summed E-state index contributed by atoms with van der Waals surface area (Å²) in [7, 11) is 0. The number of hydrogen-bond acceptors (Lipinski definition) is 10. The first-order chi connectivity index (χ1) is 27.7. The maximum absolute atomic E-state index is 13.4. The molecule has 18 heteroatoms. The number of halogens is 8. The van der Waals surface area contributed by atoms with Gasteiger partial charge in [-0.05, 0) is 74.6 Å². The molecule has 0 fully saturated rings. The van der Waals surface area contributed by atoms with Crippen LogP contribution in [0.1, 0.15) is 84.6 Å². The molecule has 0 spiro atoms. The van der Waals surface area contributed by atoms with Crippen LogP contribution in [0.2, 0.25) is 40.2 Å². The number of ketones is 1. The van der Waals surface area contributed by atoms with E-state index < -0.39 is 17.7 Å². The molecule has 0 saturated heterocycles. The second-order valence-corrected chi connectivity index (χ2v) is 16.9. The van der Waals surface area contributed by atoms with Gasteiger partial charge in [0.2, 0.25) is 5.78 Å². The molecule has 4 aromatic carbocycles. The van der Waals surface area contributed by atoms with Crippen LogP contribution in [0.5, 0.6) is 17.2 Å². The SMILES string of the molecule is O=C1OC(=O)c2c(Cl)c(Cl)c(Cl)c(Cl)c21.O=COc1c(Cl)c(Cl)c(Cl)c(Cl)c1C(=O)c1cc2c3c(c1O)CCCN3CCC2.Oc1ccc2c3c1CCCN3CCC2. The molecule has 0 saturated carbocycles. The van der Waals surface area contributed by atoms with E-state index in [1.165, 1.54) is 49.2 Å². The Balaban J connectivity index is 0.000000147. The van der Waals surface area contributed by atoms with Gasteiger partial charge >= 0.3 is 11.9 Å². The van der Waals surface area contributed by atoms with Crippen LogP contribution in [0.3, 0.4) is 0 Å². The Labute approximate surface area is 372 Å². The molecule has 2 N–H and O–H groups in total. The number of hydrogen-bond donors (Lipinski definition) is 2. The van der Waals surface area contributed by atoms with Gasteiger partial charge in [0, 0.05) is 48.7 Å². The number of aromatic hydroxyl groups is 2. The standard InChI is InChI=1S/C20H15Cl4NO4.C12H15NO.C8Cl4O3/c21-13-12(20(29-8-26)16(24)15(23)14(13)22)19(28)11-7-9-3-1-5-25-6-2-4-10(17(9)25)18(11)27;14-11-6-5-9-3-1-7-13-8-2-4-10(11)12(9)13;9-3-1-2(8(14)15-7(1)13)4(10)6(12)5(3)11/h7-8,27H,1-6H2;5-6,14H,1-4,7-8H2;. The summed E-state index contributed by atoms with van der Waals surface area (Å²) in [4.78, 5) is 51.6. The van der Waals surface area contributed by atoms with Gasteiger partial charge in [0.1, 0.15) is 16.5 Å². The minimum atomic E-state index is -0.875. The number of carbonyl (C=O) groups is 4. The number of rotatable bonds is 4. The van der Waals surface area contributed by atoms with E-state index in [4.69, 9.17) is 97.5 Å². The number of phenols is 2. The van der Waals surface area contributed by atoms with Crippen molar-refractivity contribution in [2.75, 3.05) is 36.0 Å². The van der Waals surface area contributed by atoms with Gasteiger partial charge in [0.15, 0.2) is 5.75 Å². The molecule has 0 aromatic heterocycles. The number of esters is 2. The van der Waals surface area contributed by atoms with Crippen LogP contribution in [0.15, 0.2) is 18.2 Å². The molecule has 5 aliphatic heterocycles. The third-order valence-electron chi connectivity index (χ3n) is 10.6. The number of phenolic OH excluding ortho intramolecular Hbond substituents is 2. The Kier molecular flexibility index (Phi) is 12.8. The molecule has 0 aliphatic carbocycles. The predicted octanol–water partition coefficient (Wildman–Crippen LogP) is 11.2. The van der Waals surface area contributed by atoms with E-state index in [0.717, 1.165) is 55.6 Å². The Morgan fingerprint density at radius 1 is 0.638 bits per heavy atom. The molecule has 0 amide bonds. The smallest absolute Gasteiger partial charge is 0.348 e. The maximum atomic E-state index is 13.4. The Morgan fingerprint density at radius 3 is 1.69 bits per heavy atom. The fraction of sp³-hybridized carbons (Fsp3) is 0.300. The van der Waals surface area contributed by atoms with Gasteiger partial charge in [-0.1, -0.05) is 98.9 Å². The number of anilines is 2. The van der Waals surface area contributed by atoms with Gasteiger partial charge in [-0.25, -0.2) is 9.59 Å². The lowest BCUT2D eigenvalue weighted by atomic mass is 9.87. The number of aryl methyl sites for hydroxylation is 2. The highest BCUT2D eigenvalue weighted by atomic mass is 35.5. The van der Waals surface area contributed by atoms with E-state index in [9.17, 15) is 29.4 Å². The highest BCUT2D eigenvalue weighted by molar-refractivity contribution is 6.55. The fourth-order valence-corrected chi connectivity index (χ4v) is 10.1. The average molecular weight is 950 g/mol. The minimum absolute atomic E-state index is 0.0644. The zero-order valence-corrected chi connectivity index (χ0v) is 36.1. The summed E-state index contributed by atoms with van der Waals surface area (Å²) >= 11 is 47.5. The summed E-state index contributed by atoms with van der Waals surface area (Å²) in [6, 6.07) is 5.63. The van der Waals surface area contributed by atoms with E-state index in [0.29, 0.717) is 12.2 Å². The molecule has 304 valence electrons. The number of carbonyl (C=O) groups excluding carboxylic acids is 4. The van der Waals surface area contributed by atoms with Crippen molar-refractivity contribution >= 4 is 128 Å². The quantitative estimate of drug-likeness (QED) is 0.0509. The second-order valence-electron chi connectivity index (χ2n) is 13.9. The summed E-state index contributed by atoms with van der Waals surface area (Å²) in [6.07, 6.45) is 7.98. The predicted molar refractivity (Wildman–Crippen MR) is 227 cm³/mol. The van der Waals surface area contributed by atoms with Crippen molar-refractivity contribution in [3.63, 3.8) is 0 Å². The lowest BCUT2D eigenvalue weighted by Crippen LogP contribution is -2.34. The van der Waals surface area contributed by atoms with Crippen molar-refractivity contribution in [1.29, 1.82) is 0 Å². The van der Waals surface area contributed by atoms with E-state index in [-0.39, 0.29) is 80.4 Å². The van der Waals surface area contributed by atoms with E-state index in [2.05, 4.69) is 20.6 Å². The van der Waals surface area contributed by atoms with Gasteiger partial charge in [0.25, 0.3) is 6.47 Å². The summed E-state index contributed by atoms with van der Waals surface area (Å²) in [5.74, 6) is -2.29. The highest BCUT2D eigenvalue weighted by Crippen LogP contribution is 2.49. The van der Waals surface area contributed by atoms with Crippen molar-refractivity contribution in [2.45, 2.75) is 51.4 Å². The monoisotopic (exact) mass is 946 g/mol. The third kappa shape index (κ3) is 7.53. The summed E-state index contributed by atoms with van der Waals surface area (Å²) in [5.41, 5.74) is 6.30. The first kappa shape index (κ1) is 42.8. The first-order valence-corrected chi connectivity index (χ1v) is 21.0. The first-order valence-electron chi connectivity index (χ1n) is 18.0. The molecule has 0 bridgehead atoms. The van der Waals surface area contributed by atoms with Gasteiger partial charge in [-0.15, -0.1) is 0 Å². The second kappa shape index (κ2) is 17.3. The number of fused-ring (bicyclic) bond motifs is 1. The van der Waals surface area contributed by atoms with Crippen LogP contribution in [0, 0.1) is 0 Å². The van der Waals surface area contributed by atoms with Crippen LogP contribution in [0.25, 0.3) is 0 Å². The Hall–Kier alpha value is -3.32. The van der Waals surface area contributed by atoms with Crippen molar-refractivity contribution < 1.29 is 38.9 Å². The number of benzene rings is 4. The number of ether oxygens (including phenoxy) is 2. The molecule has 58 heavy (non-hydrogen) atoms. The molecule has 0 atom stereocenters. The van der Waals surface area contributed by atoms with Gasteiger partial charge in [-0.3, -0.25) is 9.59 Å². The fourth-order valence-electron chi connectivity index (χ4n) is 8.08. The number of nitrogens with zero attached hydrogens (tertiary/aromatic N) is 2. The zero-order chi connectivity index (χ0) is 41.7. The lowest BCUT2D eigenvalue weighted by Gasteiger charge is -2.37. The van der Waals surface area contributed by atoms with E-state index in [1.807, 2.05) is 6.07 Å². The van der Waals surface area contributed by atoms with Crippen LogP contribution in [0.4, 0.5) is 11.4 Å². The highest BCUT2D eigenvalue weighted by Gasteiger charge is 2.38. The Bertz CT molecular complexity index is 2390. The molecule has 5 aliphatic rings. The lowest BCUT2D eigenvalue weighted by molar-refractivity contribution is -0.120. The topological polar surface area (TPSA) is 134 Å². The van der Waals surface area contributed by atoms with E-state index in [1.54, 1.807) is 6.07 Å². The third-order valence-corrected chi connectivity index (χ3v) is 14.2. The largest absolute Gasteiger partial charge is 0.508 e. The summed E-state index contributed by atoms with van der Waals surface area (Å²) in [6.45, 7) is 4.32. The van der Waals surface area contributed by atoms with Crippen molar-refractivity contribution in [2.24, 2.45) is 0 Å². The molecular weight excluding hydrogens is 920 g/mol. The van der Waals surface area contributed by atoms with Crippen molar-refractivity contribution in [3.8, 4) is 17.2 Å². The van der Waals surface area contributed by atoms with Gasteiger partial charge in [-0.2, -0.15) is 0 Å². The molecule has 10 nitrogen and oxygen atoms in total. The van der Waals surface area contributed by atoms with Gasteiger partial charge < -0.3 is 29.5 Å². The molecule has 5 heterocycles. The molecule has 0 radical (unpaired) electrons. The van der Waals surface area contributed by atoms with Crippen molar-refractivity contribution in [1.82, 2.24) is 0 Å². The number of cyclic esters (lactones) is 2. The summed E-state index contributed by atoms with van der Waals surface area (Å²) in [5, 5.41) is 19.7. The molecule has 4 aromatic rings. The Morgan fingerprint density at radius 2 is 1.12 bits per heavy atom. The molecule has 0 unspecified atom stereocenters. The van der Waals surface area contributed by atoms with Crippen LogP contribution in [-0.2, 0) is 35.2 Å². The van der Waals surface area contributed by atoms with Crippen LogP contribution in [-0.4, -0.2) is 60.6 Å². The maximum Gasteiger partial charge on any atom is 0.348 e. The average Bonchev–Trinajstić information content (AvgIpc) is 3.53. The minimum Gasteiger partial charge on any atom is -0.508 e. The molecular formula is C40H30Cl8N2O8. The van der Waals surface area contributed by atoms with Crippen LogP contribution < -0.4 is 14.5 Å².